The summed E-state index contributed by atoms with van der Waals surface area (Å²) in [6.45, 7) is 11.6. The average Bonchev–Trinajstić information content (AvgIpc) is 3.73. The van der Waals surface area contributed by atoms with Gasteiger partial charge in [-0.05, 0) is 62.1 Å². The van der Waals surface area contributed by atoms with Crippen LogP contribution in [0.1, 0.15) is 66.5 Å². The fraction of sp³-hybridized carbons (Fsp3) is 0.378. The number of rotatable bonds is 12. The van der Waals surface area contributed by atoms with Crippen LogP contribution in [0.15, 0.2) is 65.7 Å². The van der Waals surface area contributed by atoms with Crippen molar-refractivity contribution in [2.75, 3.05) is 17.9 Å². The first-order valence-electron chi connectivity index (χ1n) is 16.8. The summed E-state index contributed by atoms with van der Waals surface area (Å²) in [5, 5.41) is 13.0. The van der Waals surface area contributed by atoms with Crippen molar-refractivity contribution in [1.29, 1.82) is 0 Å². The van der Waals surface area contributed by atoms with Gasteiger partial charge in [-0.3, -0.25) is 4.98 Å². The second-order valence-electron chi connectivity index (χ2n) is 13.9. The van der Waals surface area contributed by atoms with Gasteiger partial charge in [0.1, 0.15) is 12.1 Å². The molecule has 268 valence electrons. The molecule has 1 aliphatic heterocycles. The Morgan fingerprint density at radius 3 is 2.51 bits per heavy atom. The molecule has 6 rings (SSSR count). The number of aryl methyl sites for hydroxylation is 3. The highest BCUT2D eigenvalue weighted by molar-refractivity contribution is 7.92. The van der Waals surface area contributed by atoms with E-state index in [1.54, 1.807) is 12.3 Å². The first-order valence-corrected chi connectivity index (χ1v) is 18.3. The van der Waals surface area contributed by atoms with Crippen LogP contribution in [0.25, 0.3) is 22.4 Å². The van der Waals surface area contributed by atoms with Gasteiger partial charge in [-0.15, -0.1) is 0 Å². The molecule has 0 bridgehead atoms. The molecule has 3 aromatic heterocycles. The molecule has 5 aromatic rings. The SMILES string of the molecule is Cc1cccc(C)c1-c1cc(OC[C@H](NCc2cnc3cc(C(C)(C)C)n(C)c3n2)C2CCCO2)nc(NS(=O)(=O)c2cccc(C(=O)O)c2)n1. The molecule has 0 amide bonds. The summed E-state index contributed by atoms with van der Waals surface area (Å²) in [7, 11) is -2.25. The minimum atomic E-state index is -4.26. The van der Waals surface area contributed by atoms with Crippen molar-refractivity contribution < 1.29 is 27.8 Å². The smallest absolute Gasteiger partial charge is 0.335 e. The maximum absolute atomic E-state index is 13.4. The van der Waals surface area contributed by atoms with Crippen molar-refractivity contribution in [2.24, 2.45) is 7.05 Å². The number of hydrogen-bond donors (Lipinski definition) is 3. The molecule has 1 aliphatic rings. The standard InChI is InChI=1S/C37H43N7O6S/c1-22-10-7-11-23(2)33(22)27-18-32(42-36(41-27)43-51(47,48)26-13-8-12-24(16-26)35(45)46)50-21-29(30-14-9-15-49-30)39-20-25-19-38-28-17-31(37(3,4)5)44(6)34(28)40-25/h7-8,10-13,16-19,29-30,39H,9,14-15,20-21H2,1-6H3,(H,45,46)(H,41,42,43)/t29-,30?/m0/s1. The van der Waals surface area contributed by atoms with Crippen LogP contribution in [0.2, 0.25) is 0 Å². The third kappa shape index (κ3) is 8.03. The molecule has 0 spiro atoms. The molecular weight excluding hydrogens is 671 g/mol. The molecule has 13 nitrogen and oxygen atoms in total. The number of carboxylic acids is 1. The first-order chi connectivity index (χ1) is 24.2. The number of sulfonamides is 1. The monoisotopic (exact) mass is 713 g/mol. The lowest BCUT2D eigenvalue weighted by atomic mass is 9.92. The van der Waals surface area contributed by atoms with Crippen molar-refractivity contribution >= 4 is 33.1 Å². The van der Waals surface area contributed by atoms with Crippen molar-refractivity contribution in [3.63, 3.8) is 0 Å². The van der Waals surface area contributed by atoms with E-state index in [1.807, 2.05) is 39.1 Å². The van der Waals surface area contributed by atoms with Crippen LogP contribution in [0, 0.1) is 13.8 Å². The molecule has 51 heavy (non-hydrogen) atoms. The van der Waals surface area contributed by atoms with Crippen molar-refractivity contribution in [1.82, 2.24) is 29.8 Å². The summed E-state index contributed by atoms with van der Waals surface area (Å²) in [4.78, 5) is 29.9. The number of aromatic carboxylic acids is 1. The maximum atomic E-state index is 13.4. The Morgan fingerprint density at radius 2 is 1.82 bits per heavy atom. The second-order valence-corrected chi connectivity index (χ2v) is 15.6. The molecule has 2 aromatic carbocycles. The lowest BCUT2D eigenvalue weighted by molar-refractivity contribution is 0.0586. The number of nitrogens with zero attached hydrogens (tertiary/aromatic N) is 5. The lowest BCUT2D eigenvalue weighted by Crippen LogP contribution is -2.44. The minimum absolute atomic E-state index is 0.0540. The minimum Gasteiger partial charge on any atom is -0.478 e. The van der Waals surface area contributed by atoms with E-state index in [0.29, 0.717) is 18.8 Å². The van der Waals surface area contributed by atoms with E-state index in [1.165, 1.54) is 18.2 Å². The number of aromatic nitrogens is 5. The zero-order chi connectivity index (χ0) is 36.5. The number of ether oxygens (including phenoxy) is 2. The molecular formula is C37H43N7O6S. The summed E-state index contributed by atoms with van der Waals surface area (Å²) < 4.78 is 43.7. The maximum Gasteiger partial charge on any atom is 0.335 e. The third-order valence-electron chi connectivity index (χ3n) is 8.98. The Bertz CT molecular complexity index is 2170. The number of fused-ring (bicyclic) bond motifs is 1. The normalized spacial score (nSPS) is 15.6. The van der Waals surface area contributed by atoms with Gasteiger partial charge in [-0.2, -0.15) is 4.98 Å². The van der Waals surface area contributed by atoms with Crippen LogP contribution in [-0.2, 0) is 33.8 Å². The van der Waals surface area contributed by atoms with E-state index in [-0.39, 0.29) is 46.5 Å². The van der Waals surface area contributed by atoms with Gasteiger partial charge in [0.05, 0.1) is 40.2 Å². The van der Waals surface area contributed by atoms with E-state index in [4.69, 9.17) is 14.5 Å². The highest BCUT2D eigenvalue weighted by Crippen LogP contribution is 2.30. The Morgan fingerprint density at radius 1 is 1.08 bits per heavy atom. The van der Waals surface area contributed by atoms with Gasteiger partial charge < -0.3 is 24.5 Å². The van der Waals surface area contributed by atoms with Gasteiger partial charge in [-0.1, -0.05) is 45.0 Å². The number of nitrogens with one attached hydrogen (secondary N) is 2. The quantitative estimate of drug-likeness (QED) is 0.148. The molecule has 0 radical (unpaired) electrons. The Kier molecular flexibility index (Phi) is 10.1. The second kappa shape index (κ2) is 14.4. The highest BCUT2D eigenvalue weighted by atomic mass is 32.2. The zero-order valence-corrected chi connectivity index (χ0v) is 30.4. The Hall–Kier alpha value is -4.92. The Labute approximate surface area is 297 Å². The molecule has 3 N–H and O–H groups in total. The van der Waals surface area contributed by atoms with Gasteiger partial charge in [0.2, 0.25) is 11.8 Å². The highest BCUT2D eigenvalue weighted by Gasteiger charge is 2.28. The van der Waals surface area contributed by atoms with E-state index >= 15 is 0 Å². The van der Waals surface area contributed by atoms with E-state index in [2.05, 4.69) is 56.4 Å². The molecule has 0 saturated carbocycles. The predicted molar refractivity (Wildman–Crippen MR) is 193 cm³/mol. The molecule has 1 unspecified atom stereocenters. The van der Waals surface area contributed by atoms with Crippen molar-refractivity contribution in [3.8, 4) is 17.1 Å². The van der Waals surface area contributed by atoms with Gasteiger partial charge in [-0.25, -0.2) is 27.9 Å². The zero-order valence-electron chi connectivity index (χ0n) is 29.6. The number of carboxylic acid groups (broad SMARTS) is 1. The number of benzene rings is 2. The van der Waals surface area contributed by atoms with Crippen LogP contribution in [0.5, 0.6) is 5.88 Å². The van der Waals surface area contributed by atoms with Crippen LogP contribution in [-0.4, -0.2) is 69.4 Å². The third-order valence-corrected chi connectivity index (χ3v) is 10.3. The van der Waals surface area contributed by atoms with Gasteiger partial charge in [0.25, 0.3) is 10.0 Å². The topological polar surface area (TPSA) is 170 Å². The molecule has 1 saturated heterocycles. The fourth-order valence-corrected chi connectivity index (χ4v) is 7.40. The summed E-state index contributed by atoms with van der Waals surface area (Å²) in [5.74, 6) is -1.30. The molecule has 1 fully saturated rings. The van der Waals surface area contributed by atoms with Gasteiger partial charge in [0, 0.05) is 42.9 Å². The summed E-state index contributed by atoms with van der Waals surface area (Å²) in [6, 6.07) is 14.4. The van der Waals surface area contributed by atoms with Crippen LogP contribution in [0.4, 0.5) is 5.95 Å². The van der Waals surface area contributed by atoms with Gasteiger partial charge >= 0.3 is 5.97 Å². The van der Waals surface area contributed by atoms with E-state index < -0.39 is 16.0 Å². The first kappa shape index (κ1) is 35.9. The number of carbonyl (C=O) groups is 1. The molecule has 4 heterocycles. The predicted octanol–water partition coefficient (Wildman–Crippen LogP) is 5.55. The Balaban J connectivity index is 1.27. The van der Waals surface area contributed by atoms with Crippen LogP contribution in [0.3, 0.4) is 0 Å². The van der Waals surface area contributed by atoms with Crippen molar-refractivity contribution in [3.05, 3.63) is 88.9 Å². The number of hydrogen-bond acceptors (Lipinski definition) is 10. The summed E-state index contributed by atoms with van der Waals surface area (Å²) in [5.41, 5.74) is 6.52. The molecule has 0 aliphatic carbocycles. The van der Waals surface area contributed by atoms with E-state index in [9.17, 15) is 18.3 Å². The van der Waals surface area contributed by atoms with Crippen LogP contribution >= 0.6 is 0 Å². The largest absolute Gasteiger partial charge is 0.478 e. The van der Waals surface area contributed by atoms with Gasteiger partial charge in [0.15, 0.2) is 5.65 Å². The lowest BCUT2D eigenvalue weighted by Gasteiger charge is -2.24. The van der Waals surface area contributed by atoms with E-state index in [0.717, 1.165) is 58.2 Å². The molecule has 2 atom stereocenters. The van der Waals surface area contributed by atoms with Crippen LogP contribution < -0.4 is 14.8 Å². The average molecular weight is 714 g/mol. The fourth-order valence-electron chi connectivity index (χ4n) is 6.41. The summed E-state index contributed by atoms with van der Waals surface area (Å²) >= 11 is 0. The number of anilines is 1. The summed E-state index contributed by atoms with van der Waals surface area (Å²) in [6.07, 6.45) is 3.42. The molecule has 14 heteroatoms. The van der Waals surface area contributed by atoms with Crippen molar-refractivity contribution in [2.45, 2.75) is 76.5 Å².